The maximum Gasteiger partial charge on any atom is 0.0565 e. The molecule has 118 valence electrons. The Morgan fingerprint density at radius 1 is 0.958 bits per heavy atom. The molecular weight excluding hydrogens is 292 g/mol. The van der Waals surface area contributed by atoms with E-state index in [0.29, 0.717) is 5.92 Å². The van der Waals surface area contributed by atoms with Crippen LogP contribution in [0.2, 0.25) is 0 Å². The number of aryl methyl sites for hydroxylation is 1. The van der Waals surface area contributed by atoms with E-state index in [0.717, 1.165) is 5.56 Å². The van der Waals surface area contributed by atoms with Gasteiger partial charge in [0.25, 0.3) is 0 Å². The minimum atomic E-state index is 0.686. The van der Waals surface area contributed by atoms with Gasteiger partial charge in [0.15, 0.2) is 0 Å². The molecular formula is C22H20N2. The van der Waals surface area contributed by atoms with Gasteiger partial charge in [0.05, 0.1) is 6.20 Å². The molecule has 1 aliphatic rings. The molecule has 0 radical (unpaired) electrons. The number of aromatic amines is 1. The van der Waals surface area contributed by atoms with E-state index in [9.17, 15) is 0 Å². The Morgan fingerprint density at radius 3 is 2.67 bits per heavy atom. The summed E-state index contributed by atoms with van der Waals surface area (Å²) in [6.07, 6.45) is 7.70. The summed E-state index contributed by atoms with van der Waals surface area (Å²) in [5.41, 5.74) is 5.52. The van der Waals surface area contributed by atoms with Crippen LogP contribution in [0.15, 0.2) is 54.9 Å². The van der Waals surface area contributed by atoms with E-state index >= 15 is 0 Å². The van der Waals surface area contributed by atoms with E-state index in [4.69, 9.17) is 0 Å². The molecule has 2 heteroatoms. The standard InChI is InChI=1S/C22H20N2/c1-14-4-2-6-18-16(14)8-9-22-19-7-3-5-17(15-12-23-24-13-15)20(19)10-11-21(18)22/h3,5,7-14H,2,4,6H2,1H3,(H,23,24). The zero-order chi connectivity index (χ0) is 16.1. The van der Waals surface area contributed by atoms with Crippen LogP contribution in [0.1, 0.15) is 36.8 Å². The Labute approximate surface area is 141 Å². The lowest BCUT2D eigenvalue weighted by atomic mass is 9.80. The highest BCUT2D eigenvalue weighted by atomic mass is 15.1. The number of nitrogens with one attached hydrogen (secondary N) is 1. The third kappa shape index (κ3) is 1.92. The molecule has 24 heavy (non-hydrogen) atoms. The molecule has 1 N–H and O–H groups in total. The van der Waals surface area contributed by atoms with Gasteiger partial charge in [-0.25, -0.2) is 0 Å². The SMILES string of the molecule is CC1CCCc2c1ccc1c2ccc2c(-c3cn[nH]c3)cccc21. The second kappa shape index (κ2) is 5.20. The van der Waals surface area contributed by atoms with Gasteiger partial charge in [-0.05, 0) is 63.4 Å². The molecule has 1 aliphatic carbocycles. The van der Waals surface area contributed by atoms with Crippen LogP contribution in [0.5, 0.6) is 0 Å². The van der Waals surface area contributed by atoms with Crippen LogP contribution in [-0.4, -0.2) is 10.2 Å². The highest BCUT2D eigenvalue weighted by Crippen LogP contribution is 2.39. The topological polar surface area (TPSA) is 28.7 Å². The first-order valence-corrected chi connectivity index (χ1v) is 8.79. The van der Waals surface area contributed by atoms with Crippen LogP contribution in [0.4, 0.5) is 0 Å². The molecule has 1 atom stereocenters. The normalized spacial score (nSPS) is 17.3. The summed E-state index contributed by atoms with van der Waals surface area (Å²) in [5, 5.41) is 12.5. The Balaban J connectivity index is 1.84. The van der Waals surface area contributed by atoms with Gasteiger partial charge in [0.2, 0.25) is 0 Å². The van der Waals surface area contributed by atoms with Gasteiger partial charge in [-0.3, -0.25) is 5.10 Å². The molecule has 0 amide bonds. The monoisotopic (exact) mass is 312 g/mol. The fraction of sp³-hybridized carbons (Fsp3) is 0.227. The molecule has 4 aromatic rings. The van der Waals surface area contributed by atoms with Gasteiger partial charge >= 0.3 is 0 Å². The van der Waals surface area contributed by atoms with Gasteiger partial charge < -0.3 is 0 Å². The van der Waals surface area contributed by atoms with E-state index in [1.54, 1.807) is 11.1 Å². The molecule has 0 saturated carbocycles. The van der Waals surface area contributed by atoms with Crippen molar-refractivity contribution >= 4 is 21.5 Å². The first-order valence-electron chi connectivity index (χ1n) is 8.79. The maximum absolute atomic E-state index is 4.11. The van der Waals surface area contributed by atoms with Crippen molar-refractivity contribution in [2.24, 2.45) is 0 Å². The van der Waals surface area contributed by atoms with Crippen LogP contribution in [0.3, 0.4) is 0 Å². The third-order valence-corrected chi connectivity index (χ3v) is 5.61. The van der Waals surface area contributed by atoms with Crippen LogP contribution in [0, 0.1) is 0 Å². The molecule has 1 unspecified atom stereocenters. The largest absolute Gasteiger partial charge is 0.285 e. The van der Waals surface area contributed by atoms with Crippen molar-refractivity contribution in [1.29, 1.82) is 0 Å². The van der Waals surface area contributed by atoms with Crippen molar-refractivity contribution in [3.8, 4) is 11.1 Å². The van der Waals surface area contributed by atoms with Gasteiger partial charge in [0.1, 0.15) is 0 Å². The number of hydrogen-bond donors (Lipinski definition) is 1. The van der Waals surface area contributed by atoms with Crippen molar-refractivity contribution in [1.82, 2.24) is 10.2 Å². The Bertz CT molecular complexity index is 1040. The molecule has 0 aliphatic heterocycles. The van der Waals surface area contributed by atoms with Crippen molar-refractivity contribution in [2.75, 3.05) is 0 Å². The maximum atomic E-state index is 4.11. The molecule has 1 aromatic heterocycles. The summed E-state index contributed by atoms with van der Waals surface area (Å²) >= 11 is 0. The molecule has 0 spiro atoms. The summed E-state index contributed by atoms with van der Waals surface area (Å²) in [7, 11) is 0. The molecule has 3 aromatic carbocycles. The lowest BCUT2D eigenvalue weighted by Gasteiger charge is -2.24. The zero-order valence-electron chi connectivity index (χ0n) is 13.8. The highest BCUT2D eigenvalue weighted by molar-refractivity contribution is 6.13. The number of rotatable bonds is 1. The van der Waals surface area contributed by atoms with Crippen LogP contribution in [-0.2, 0) is 6.42 Å². The molecule has 2 nitrogen and oxygen atoms in total. The van der Waals surface area contributed by atoms with E-state index in [1.807, 2.05) is 12.4 Å². The van der Waals surface area contributed by atoms with E-state index in [2.05, 4.69) is 59.6 Å². The Hall–Kier alpha value is -2.61. The number of benzene rings is 3. The third-order valence-electron chi connectivity index (χ3n) is 5.61. The second-order valence-corrected chi connectivity index (χ2v) is 6.97. The predicted molar refractivity (Wildman–Crippen MR) is 100 cm³/mol. The van der Waals surface area contributed by atoms with Crippen molar-refractivity contribution in [2.45, 2.75) is 32.1 Å². The summed E-state index contributed by atoms with van der Waals surface area (Å²) in [6, 6.07) is 15.9. The summed E-state index contributed by atoms with van der Waals surface area (Å²) in [6.45, 7) is 2.36. The minimum Gasteiger partial charge on any atom is -0.285 e. The molecule has 0 bridgehead atoms. The fourth-order valence-electron chi connectivity index (χ4n) is 4.38. The van der Waals surface area contributed by atoms with Gasteiger partial charge in [0, 0.05) is 11.8 Å². The highest BCUT2D eigenvalue weighted by Gasteiger charge is 2.19. The summed E-state index contributed by atoms with van der Waals surface area (Å²) in [4.78, 5) is 0. The van der Waals surface area contributed by atoms with Crippen molar-refractivity contribution in [3.63, 3.8) is 0 Å². The lowest BCUT2D eigenvalue weighted by molar-refractivity contribution is 0.593. The number of aromatic nitrogens is 2. The predicted octanol–water partition coefficient (Wildman–Crippen LogP) is 5.82. The lowest BCUT2D eigenvalue weighted by Crippen LogP contribution is -2.07. The smallest absolute Gasteiger partial charge is 0.0565 e. The Kier molecular flexibility index (Phi) is 2.99. The second-order valence-electron chi connectivity index (χ2n) is 6.97. The molecule has 5 rings (SSSR count). The minimum absolute atomic E-state index is 0.686. The average molecular weight is 312 g/mol. The van der Waals surface area contributed by atoms with Crippen molar-refractivity contribution in [3.05, 3.63) is 66.0 Å². The molecule has 0 fully saturated rings. The number of nitrogens with zero attached hydrogens (tertiary/aromatic N) is 1. The summed E-state index contributed by atoms with van der Waals surface area (Å²) < 4.78 is 0. The van der Waals surface area contributed by atoms with Crippen LogP contribution < -0.4 is 0 Å². The van der Waals surface area contributed by atoms with Crippen molar-refractivity contribution < 1.29 is 0 Å². The quantitative estimate of drug-likeness (QED) is 0.441. The fourth-order valence-corrected chi connectivity index (χ4v) is 4.38. The zero-order valence-corrected chi connectivity index (χ0v) is 13.8. The van der Waals surface area contributed by atoms with Gasteiger partial charge in [-0.2, -0.15) is 5.10 Å². The number of fused-ring (bicyclic) bond motifs is 5. The van der Waals surface area contributed by atoms with Gasteiger partial charge in [-0.15, -0.1) is 0 Å². The first-order chi connectivity index (χ1) is 11.8. The first kappa shape index (κ1) is 13.8. The average Bonchev–Trinajstić information content (AvgIpc) is 3.15. The Morgan fingerprint density at radius 2 is 1.79 bits per heavy atom. The van der Waals surface area contributed by atoms with E-state index < -0.39 is 0 Å². The molecule has 1 heterocycles. The van der Waals surface area contributed by atoms with E-state index in [-0.39, 0.29) is 0 Å². The molecule has 0 saturated heterocycles. The number of H-pyrrole nitrogens is 1. The van der Waals surface area contributed by atoms with Crippen LogP contribution in [0.25, 0.3) is 32.7 Å². The number of hydrogen-bond acceptors (Lipinski definition) is 1. The van der Waals surface area contributed by atoms with Gasteiger partial charge in [-0.1, -0.05) is 49.4 Å². The van der Waals surface area contributed by atoms with Crippen LogP contribution >= 0.6 is 0 Å². The van der Waals surface area contributed by atoms with E-state index in [1.165, 1.54) is 46.4 Å². The summed E-state index contributed by atoms with van der Waals surface area (Å²) in [5.74, 6) is 0.686.